The molecular formula is C15H16BrN3S. The molecule has 0 radical (unpaired) electrons. The minimum atomic E-state index is 0.0965. The summed E-state index contributed by atoms with van der Waals surface area (Å²) < 4.78 is 0.887. The molecule has 2 aromatic rings. The molecule has 0 aliphatic heterocycles. The van der Waals surface area contributed by atoms with Crippen LogP contribution in [0.5, 0.6) is 0 Å². The second kappa shape index (κ2) is 5.58. The zero-order chi connectivity index (χ0) is 14.1. The van der Waals surface area contributed by atoms with Gasteiger partial charge in [-0.3, -0.25) is 5.41 Å². The first-order valence-corrected chi connectivity index (χ1v) is 8.30. The Morgan fingerprint density at radius 1 is 1.40 bits per heavy atom. The largest absolute Gasteiger partial charge is 0.384 e. The molecule has 1 aliphatic carbocycles. The number of benzene rings is 1. The zero-order valence-corrected chi connectivity index (χ0v) is 13.4. The molecule has 20 heavy (non-hydrogen) atoms. The molecule has 0 unspecified atom stereocenters. The van der Waals surface area contributed by atoms with Gasteiger partial charge in [-0.2, -0.15) is 11.3 Å². The van der Waals surface area contributed by atoms with E-state index in [0.29, 0.717) is 6.04 Å². The fraction of sp³-hybridized carbons (Fsp3) is 0.267. The smallest absolute Gasteiger partial charge is 0.123 e. The van der Waals surface area contributed by atoms with Crippen molar-refractivity contribution in [2.75, 3.05) is 4.90 Å². The predicted octanol–water partition coefficient (Wildman–Crippen LogP) is 3.96. The first kappa shape index (κ1) is 13.6. The molecule has 0 spiro atoms. The fourth-order valence-corrected chi connectivity index (χ4v) is 3.54. The van der Waals surface area contributed by atoms with Crippen molar-refractivity contribution in [3.8, 4) is 0 Å². The third-order valence-electron chi connectivity index (χ3n) is 3.50. The Morgan fingerprint density at radius 3 is 2.75 bits per heavy atom. The van der Waals surface area contributed by atoms with Gasteiger partial charge in [0.15, 0.2) is 0 Å². The molecule has 1 aromatic heterocycles. The molecule has 1 fully saturated rings. The molecule has 0 bridgehead atoms. The van der Waals surface area contributed by atoms with Crippen LogP contribution in [0.4, 0.5) is 5.69 Å². The topological polar surface area (TPSA) is 53.1 Å². The second-order valence-electron chi connectivity index (χ2n) is 5.07. The summed E-state index contributed by atoms with van der Waals surface area (Å²) in [7, 11) is 0. The van der Waals surface area contributed by atoms with Gasteiger partial charge in [0.25, 0.3) is 0 Å². The minimum Gasteiger partial charge on any atom is -0.384 e. The van der Waals surface area contributed by atoms with Gasteiger partial charge in [0.1, 0.15) is 5.84 Å². The average Bonchev–Trinajstić information content (AvgIpc) is 3.12. The SMILES string of the molecule is N=C(N)c1ccc(N(Cc2ccsc2)C2CC2)cc1Br. The van der Waals surface area contributed by atoms with E-state index in [-0.39, 0.29) is 5.84 Å². The Morgan fingerprint density at radius 2 is 2.20 bits per heavy atom. The third kappa shape index (κ3) is 2.88. The second-order valence-corrected chi connectivity index (χ2v) is 6.70. The van der Waals surface area contributed by atoms with Gasteiger partial charge >= 0.3 is 0 Å². The summed E-state index contributed by atoms with van der Waals surface area (Å²) in [6.07, 6.45) is 2.52. The summed E-state index contributed by atoms with van der Waals surface area (Å²) >= 11 is 5.26. The van der Waals surface area contributed by atoms with Crippen molar-refractivity contribution < 1.29 is 0 Å². The van der Waals surface area contributed by atoms with Gasteiger partial charge in [-0.1, -0.05) is 0 Å². The van der Waals surface area contributed by atoms with Crippen molar-refractivity contribution in [2.45, 2.75) is 25.4 Å². The summed E-state index contributed by atoms with van der Waals surface area (Å²) in [6, 6.07) is 8.88. The highest BCUT2D eigenvalue weighted by atomic mass is 79.9. The number of thiophene rings is 1. The number of rotatable bonds is 5. The molecule has 3 rings (SSSR count). The number of amidine groups is 1. The van der Waals surface area contributed by atoms with Crippen LogP contribution in [0.1, 0.15) is 24.0 Å². The maximum atomic E-state index is 7.54. The lowest BCUT2D eigenvalue weighted by molar-refractivity contribution is 0.796. The lowest BCUT2D eigenvalue weighted by atomic mass is 10.1. The van der Waals surface area contributed by atoms with E-state index in [9.17, 15) is 0 Å². The van der Waals surface area contributed by atoms with E-state index in [2.05, 4.69) is 49.8 Å². The standard InChI is InChI=1S/C15H16BrN3S/c16-14-7-12(3-4-13(14)15(17)18)19(11-1-2-11)8-10-5-6-20-9-10/h3-7,9,11H,1-2,8H2,(H3,17,18). The van der Waals surface area contributed by atoms with Gasteiger partial charge < -0.3 is 10.6 Å². The quantitative estimate of drug-likeness (QED) is 0.633. The van der Waals surface area contributed by atoms with Crippen LogP contribution in [0.15, 0.2) is 39.5 Å². The number of anilines is 1. The molecule has 0 saturated heterocycles. The van der Waals surface area contributed by atoms with Crippen molar-refractivity contribution in [1.82, 2.24) is 0 Å². The van der Waals surface area contributed by atoms with Crippen LogP contribution in [-0.4, -0.2) is 11.9 Å². The van der Waals surface area contributed by atoms with Crippen LogP contribution in [0.3, 0.4) is 0 Å². The number of hydrogen-bond donors (Lipinski definition) is 2. The van der Waals surface area contributed by atoms with Crippen molar-refractivity contribution in [2.24, 2.45) is 5.73 Å². The monoisotopic (exact) mass is 349 g/mol. The first-order valence-electron chi connectivity index (χ1n) is 6.57. The van der Waals surface area contributed by atoms with Crippen LogP contribution < -0.4 is 10.6 Å². The normalized spacial score (nSPS) is 14.2. The molecule has 104 valence electrons. The van der Waals surface area contributed by atoms with Crippen LogP contribution in [0, 0.1) is 5.41 Å². The molecule has 3 nitrogen and oxygen atoms in total. The minimum absolute atomic E-state index is 0.0965. The van der Waals surface area contributed by atoms with Crippen LogP contribution >= 0.6 is 27.3 Å². The number of hydrogen-bond acceptors (Lipinski definition) is 3. The Balaban J connectivity index is 1.88. The molecule has 0 amide bonds. The average molecular weight is 350 g/mol. The van der Waals surface area contributed by atoms with E-state index >= 15 is 0 Å². The highest BCUT2D eigenvalue weighted by Crippen LogP contribution is 2.35. The molecule has 1 heterocycles. The first-order chi connectivity index (χ1) is 9.65. The predicted molar refractivity (Wildman–Crippen MR) is 88.7 cm³/mol. The van der Waals surface area contributed by atoms with Crippen molar-refractivity contribution in [3.63, 3.8) is 0 Å². The summed E-state index contributed by atoms with van der Waals surface area (Å²) in [4.78, 5) is 2.44. The maximum absolute atomic E-state index is 7.54. The van der Waals surface area contributed by atoms with Gasteiger partial charge in [-0.25, -0.2) is 0 Å². The van der Waals surface area contributed by atoms with E-state index in [1.807, 2.05) is 6.07 Å². The lowest BCUT2D eigenvalue weighted by Gasteiger charge is -2.25. The van der Waals surface area contributed by atoms with Gasteiger partial charge in [0, 0.05) is 28.3 Å². The van der Waals surface area contributed by atoms with E-state index < -0.39 is 0 Å². The van der Waals surface area contributed by atoms with E-state index in [1.165, 1.54) is 24.1 Å². The van der Waals surface area contributed by atoms with Crippen LogP contribution in [-0.2, 0) is 6.54 Å². The van der Waals surface area contributed by atoms with Crippen molar-refractivity contribution >= 4 is 38.8 Å². The van der Waals surface area contributed by atoms with Crippen molar-refractivity contribution in [1.29, 1.82) is 5.41 Å². The molecule has 1 aliphatic rings. The number of nitrogens with two attached hydrogens (primary N) is 1. The lowest BCUT2D eigenvalue weighted by Crippen LogP contribution is -2.25. The Bertz CT molecular complexity index is 620. The molecule has 1 aromatic carbocycles. The highest BCUT2D eigenvalue weighted by Gasteiger charge is 2.29. The number of nitrogens with zero attached hydrogens (tertiary/aromatic N) is 1. The fourth-order valence-electron chi connectivity index (χ4n) is 2.30. The third-order valence-corrected chi connectivity index (χ3v) is 4.88. The molecule has 3 N–H and O–H groups in total. The Kier molecular flexibility index (Phi) is 3.81. The van der Waals surface area contributed by atoms with Crippen molar-refractivity contribution in [3.05, 3.63) is 50.6 Å². The van der Waals surface area contributed by atoms with Gasteiger partial charge in [0.2, 0.25) is 0 Å². The molecular weight excluding hydrogens is 334 g/mol. The zero-order valence-electron chi connectivity index (χ0n) is 11.0. The Hall–Kier alpha value is -1.33. The van der Waals surface area contributed by atoms with Gasteiger partial charge in [-0.05, 0) is 69.4 Å². The van der Waals surface area contributed by atoms with E-state index in [0.717, 1.165) is 16.6 Å². The summed E-state index contributed by atoms with van der Waals surface area (Å²) in [6.45, 7) is 0.944. The molecule has 5 heteroatoms. The number of halogens is 1. The van der Waals surface area contributed by atoms with Crippen LogP contribution in [0.25, 0.3) is 0 Å². The van der Waals surface area contributed by atoms with Gasteiger partial charge in [0.05, 0.1) is 0 Å². The summed E-state index contributed by atoms with van der Waals surface area (Å²) in [5.41, 5.74) is 8.86. The van der Waals surface area contributed by atoms with Crippen LogP contribution in [0.2, 0.25) is 0 Å². The molecule has 0 atom stereocenters. The van der Waals surface area contributed by atoms with E-state index in [1.54, 1.807) is 11.3 Å². The summed E-state index contributed by atoms with van der Waals surface area (Å²) in [5.74, 6) is 0.0965. The highest BCUT2D eigenvalue weighted by molar-refractivity contribution is 9.10. The maximum Gasteiger partial charge on any atom is 0.123 e. The summed E-state index contributed by atoms with van der Waals surface area (Å²) in [5, 5.41) is 11.9. The molecule has 1 saturated carbocycles. The Labute approximate surface area is 131 Å². The van der Waals surface area contributed by atoms with Gasteiger partial charge in [-0.15, -0.1) is 0 Å². The number of nitrogens with one attached hydrogen (secondary N) is 1. The number of nitrogen functional groups attached to an aromatic ring is 1. The van der Waals surface area contributed by atoms with E-state index in [4.69, 9.17) is 11.1 Å².